The van der Waals surface area contributed by atoms with Crippen LogP contribution in [0.3, 0.4) is 0 Å². The highest BCUT2D eigenvalue weighted by atomic mass is 16.1. The first-order valence-corrected chi connectivity index (χ1v) is 3.39. The van der Waals surface area contributed by atoms with Gasteiger partial charge in [0, 0.05) is 24.5 Å². The summed E-state index contributed by atoms with van der Waals surface area (Å²) >= 11 is 0. The van der Waals surface area contributed by atoms with Gasteiger partial charge in [-0.05, 0) is 19.1 Å². The average molecular weight is 150 g/mol. The third kappa shape index (κ3) is 1.77. The van der Waals surface area contributed by atoms with Crippen LogP contribution in [0.2, 0.25) is 0 Å². The average Bonchev–Trinajstić information content (AvgIpc) is 2.03. The molecular formula is C8H10N2O. The highest BCUT2D eigenvalue weighted by Crippen LogP contribution is 1.99. The molecule has 11 heavy (non-hydrogen) atoms. The topological polar surface area (TPSA) is 42.0 Å². The summed E-state index contributed by atoms with van der Waals surface area (Å²) in [6, 6.07) is 3.44. The molecule has 0 saturated heterocycles. The van der Waals surface area contributed by atoms with Crippen LogP contribution in [0.25, 0.3) is 0 Å². The van der Waals surface area contributed by atoms with Gasteiger partial charge in [-0.15, -0.1) is 0 Å². The van der Waals surface area contributed by atoms with E-state index in [1.165, 1.54) is 0 Å². The number of hydrogen-bond acceptors (Lipinski definition) is 2. The molecule has 1 amide bonds. The number of hydrogen-bond donors (Lipinski definition) is 1. The number of aromatic nitrogens is 1. The second-order valence-electron chi connectivity index (χ2n) is 2.27. The number of nitrogens with zero attached hydrogens (tertiary/aromatic N) is 1. The highest BCUT2D eigenvalue weighted by Gasteiger charge is 2.00. The van der Waals surface area contributed by atoms with E-state index in [1.807, 2.05) is 6.92 Å². The smallest absolute Gasteiger partial charge is 0.251 e. The van der Waals surface area contributed by atoms with Crippen molar-refractivity contribution < 1.29 is 4.79 Å². The molecule has 0 aliphatic rings. The third-order valence-corrected chi connectivity index (χ3v) is 1.39. The molecule has 0 bridgehead atoms. The lowest BCUT2D eigenvalue weighted by Crippen LogP contribution is -2.17. The lowest BCUT2D eigenvalue weighted by Gasteiger charge is -1.98. The fourth-order valence-corrected chi connectivity index (χ4v) is 0.831. The van der Waals surface area contributed by atoms with E-state index < -0.39 is 0 Å². The first kappa shape index (κ1) is 7.72. The van der Waals surface area contributed by atoms with Crippen molar-refractivity contribution >= 4 is 5.91 Å². The monoisotopic (exact) mass is 150 g/mol. The molecule has 58 valence electrons. The van der Waals surface area contributed by atoms with Crippen LogP contribution >= 0.6 is 0 Å². The summed E-state index contributed by atoms with van der Waals surface area (Å²) in [6.45, 7) is 1.85. The molecule has 1 rings (SSSR count). The van der Waals surface area contributed by atoms with Gasteiger partial charge in [0.25, 0.3) is 5.91 Å². The lowest BCUT2D eigenvalue weighted by molar-refractivity contribution is 0.0963. The van der Waals surface area contributed by atoms with E-state index in [-0.39, 0.29) is 5.91 Å². The minimum absolute atomic E-state index is 0.0736. The van der Waals surface area contributed by atoms with Crippen LogP contribution in [-0.4, -0.2) is 17.9 Å². The molecule has 0 fully saturated rings. The van der Waals surface area contributed by atoms with E-state index in [9.17, 15) is 4.79 Å². The summed E-state index contributed by atoms with van der Waals surface area (Å²) in [4.78, 5) is 15.0. The van der Waals surface area contributed by atoms with Gasteiger partial charge in [-0.3, -0.25) is 9.78 Å². The second-order valence-corrected chi connectivity index (χ2v) is 2.27. The van der Waals surface area contributed by atoms with Crippen molar-refractivity contribution in [2.24, 2.45) is 0 Å². The first-order chi connectivity index (χ1) is 5.24. The van der Waals surface area contributed by atoms with Crippen LogP contribution in [0.4, 0.5) is 0 Å². The van der Waals surface area contributed by atoms with Crippen molar-refractivity contribution in [1.29, 1.82) is 0 Å². The van der Waals surface area contributed by atoms with Crippen LogP contribution < -0.4 is 5.32 Å². The van der Waals surface area contributed by atoms with Gasteiger partial charge in [-0.25, -0.2) is 0 Å². The van der Waals surface area contributed by atoms with Gasteiger partial charge in [0.05, 0.1) is 0 Å². The Labute approximate surface area is 65.5 Å². The number of carbonyl (C=O) groups excluding carboxylic acids is 1. The standard InChI is InChI=1S/C8H10N2O/c1-6-5-7(3-4-10-6)8(11)9-2/h3-5H,1-2H3,(H,9,11). The molecule has 0 aliphatic carbocycles. The molecule has 1 heterocycles. The number of carbonyl (C=O) groups is 1. The maximum absolute atomic E-state index is 11.0. The summed E-state index contributed by atoms with van der Waals surface area (Å²) in [5.74, 6) is -0.0736. The minimum atomic E-state index is -0.0736. The molecule has 0 radical (unpaired) electrons. The SMILES string of the molecule is CNC(=O)c1ccnc(C)c1. The number of pyridine rings is 1. The van der Waals surface area contributed by atoms with Crippen LogP contribution in [-0.2, 0) is 0 Å². The summed E-state index contributed by atoms with van der Waals surface area (Å²) in [7, 11) is 1.61. The molecule has 0 aromatic carbocycles. The Morgan fingerprint density at radius 2 is 2.36 bits per heavy atom. The Morgan fingerprint density at radius 3 is 2.91 bits per heavy atom. The Balaban J connectivity index is 2.96. The zero-order valence-corrected chi connectivity index (χ0v) is 6.59. The quantitative estimate of drug-likeness (QED) is 0.641. The zero-order valence-electron chi connectivity index (χ0n) is 6.59. The van der Waals surface area contributed by atoms with Gasteiger partial charge in [-0.2, -0.15) is 0 Å². The normalized spacial score (nSPS) is 9.27. The van der Waals surface area contributed by atoms with E-state index in [2.05, 4.69) is 10.3 Å². The zero-order chi connectivity index (χ0) is 8.27. The Hall–Kier alpha value is -1.38. The van der Waals surface area contributed by atoms with Crippen LogP contribution in [0.5, 0.6) is 0 Å². The molecule has 0 saturated carbocycles. The maximum atomic E-state index is 11.0. The van der Waals surface area contributed by atoms with Gasteiger partial charge < -0.3 is 5.32 Å². The molecular weight excluding hydrogens is 140 g/mol. The predicted molar refractivity (Wildman–Crippen MR) is 42.4 cm³/mol. The fraction of sp³-hybridized carbons (Fsp3) is 0.250. The summed E-state index contributed by atoms with van der Waals surface area (Å²) < 4.78 is 0. The molecule has 0 spiro atoms. The van der Waals surface area contributed by atoms with Gasteiger partial charge in [-0.1, -0.05) is 0 Å². The Bertz CT molecular complexity index is 271. The van der Waals surface area contributed by atoms with E-state index in [4.69, 9.17) is 0 Å². The van der Waals surface area contributed by atoms with Crippen molar-refractivity contribution in [1.82, 2.24) is 10.3 Å². The van der Waals surface area contributed by atoms with Crippen molar-refractivity contribution in [3.63, 3.8) is 0 Å². The predicted octanol–water partition coefficient (Wildman–Crippen LogP) is 0.750. The number of nitrogens with one attached hydrogen (secondary N) is 1. The lowest BCUT2D eigenvalue weighted by atomic mass is 10.2. The van der Waals surface area contributed by atoms with Gasteiger partial charge in [0.2, 0.25) is 0 Å². The molecule has 3 nitrogen and oxygen atoms in total. The minimum Gasteiger partial charge on any atom is -0.355 e. The fourth-order valence-electron chi connectivity index (χ4n) is 0.831. The largest absolute Gasteiger partial charge is 0.355 e. The van der Waals surface area contributed by atoms with Crippen molar-refractivity contribution in [3.8, 4) is 0 Å². The Morgan fingerprint density at radius 1 is 1.64 bits per heavy atom. The van der Waals surface area contributed by atoms with Crippen LogP contribution in [0.1, 0.15) is 16.1 Å². The molecule has 1 aromatic rings. The summed E-state index contributed by atoms with van der Waals surface area (Å²) in [5.41, 5.74) is 1.51. The van der Waals surface area contributed by atoms with E-state index in [0.29, 0.717) is 5.56 Å². The van der Waals surface area contributed by atoms with Gasteiger partial charge in [0.15, 0.2) is 0 Å². The van der Waals surface area contributed by atoms with E-state index in [0.717, 1.165) is 5.69 Å². The maximum Gasteiger partial charge on any atom is 0.251 e. The molecule has 0 unspecified atom stereocenters. The Kier molecular flexibility index (Phi) is 2.21. The number of rotatable bonds is 1. The molecule has 3 heteroatoms. The van der Waals surface area contributed by atoms with E-state index in [1.54, 1.807) is 25.4 Å². The molecule has 0 aliphatic heterocycles. The highest BCUT2D eigenvalue weighted by molar-refractivity contribution is 5.93. The van der Waals surface area contributed by atoms with Gasteiger partial charge in [0.1, 0.15) is 0 Å². The van der Waals surface area contributed by atoms with Crippen LogP contribution in [0.15, 0.2) is 18.3 Å². The van der Waals surface area contributed by atoms with Crippen molar-refractivity contribution in [2.75, 3.05) is 7.05 Å². The number of aryl methyl sites for hydroxylation is 1. The summed E-state index contributed by atoms with van der Waals surface area (Å²) in [5, 5.41) is 2.54. The van der Waals surface area contributed by atoms with Gasteiger partial charge >= 0.3 is 0 Å². The summed E-state index contributed by atoms with van der Waals surface area (Å²) in [6.07, 6.45) is 1.62. The van der Waals surface area contributed by atoms with Crippen molar-refractivity contribution in [2.45, 2.75) is 6.92 Å². The van der Waals surface area contributed by atoms with Crippen LogP contribution in [0, 0.1) is 6.92 Å². The number of amides is 1. The van der Waals surface area contributed by atoms with E-state index >= 15 is 0 Å². The molecule has 0 atom stereocenters. The molecule has 1 N–H and O–H groups in total. The van der Waals surface area contributed by atoms with Crippen molar-refractivity contribution in [3.05, 3.63) is 29.6 Å². The first-order valence-electron chi connectivity index (χ1n) is 3.39. The second kappa shape index (κ2) is 3.14. The molecule has 1 aromatic heterocycles. The third-order valence-electron chi connectivity index (χ3n) is 1.39.